The van der Waals surface area contributed by atoms with Crippen molar-refractivity contribution in [3.63, 3.8) is 0 Å². The van der Waals surface area contributed by atoms with Gasteiger partial charge in [-0.2, -0.15) is 0 Å². The summed E-state index contributed by atoms with van der Waals surface area (Å²) < 4.78 is 67.9. The molecule has 2 heterocycles. The van der Waals surface area contributed by atoms with Crippen molar-refractivity contribution in [1.82, 2.24) is 0 Å². The maximum atomic E-state index is 7.34. The number of ether oxygens (including phenoxy) is 4. The first-order valence-electron chi connectivity index (χ1n) is 15.5. The molecule has 2 aliphatic rings. The van der Waals surface area contributed by atoms with Crippen LogP contribution in [0.3, 0.4) is 0 Å². The summed E-state index contributed by atoms with van der Waals surface area (Å²) in [5, 5.41) is 1.84. The topological polar surface area (TPSA) is 108 Å². The molecule has 15 heteroatoms. The molecule has 0 radical (unpaired) electrons. The van der Waals surface area contributed by atoms with E-state index < -0.39 is 34.7 Å². The lowest BCUT2D eigenvalue weighted by Crippen LogP contribution is -2.73. The van der Waals surface area contributed by atoms with Crippen LogP contribution < -0.4 is 10.4 Å². The molecular weight excluding hydrogens is 649 g/mol. The molecule has 0 aliphatic carbocycles. The van der Waals surface area contributed by atoms with E-state index in [0.717, 1.165) is 30.0 Å². The highest BCUT2D eigenvalue weighted by Gasteiger charge is 2.57. The van der Waals surface area contributed by atoms with Crippen LogP contribution in [0.1, 0.15) is 12.8 Å². The van der Waals surface area contributed by atoms with Gasteiger partial charge in [0.2, 0.25) is 0 Å². The van der Waals surface area contributed by atoms with Gasteiger partial charge in [0.15, 0.2) is 0 Å². The second-order valence-electron chi connectivity index (χ2n) is 11.5. The van der Waals surface area contributed by atoms with E-state index in [1.54, 1.807) is 28.4 Å². The first-order valence-corrected chi connectivity index (χ1v) is 24.0. The monoisotopic (exact) mass is 698 g/mol. The van der Waals surface area contributed by atoms with E-state index in [0.29, 0.717) is 44.9 Å². The summed E-state index contributed by atoms with van der Waals surface area (Å²) in [7, 11) is -6.49. The Labute approximate surface area is 272 Å². The van der Waals surface area contributed by atoms with Gasteiger partial charge in [0, 0.05) is 53.7 Å². The second-order valence-corrected chi connectivity index (χ2v) is 24.5. The number of epoxide rings is 2. The number of hydrogen-bond acceptors (Lipinski definition) is 11. The van der Waals surface area contributed by atoms with Gasteiger partial charge in [0.25, 0.3) is 0 Å². The van der Waals surface area contributed by atoms with Crippen LogP contribution in [0.4, 0.5) is 0 Å². The van der Waals surface area contributed by atoms with Crippen LogP contribution in [0.5, 0.6) is 0 Å². The first-order chi connectivity index (χ1) is 21.7. The smallest absolute Gasteiger partial charge is 0.409 e. The summed E-state index contributed by atoms with van der Waals surface area (Å²) in [5.41, 5.74) is 0. The Hall–Kier alpha value is -1.13. The Morgan fingerprint density at radius 1 is 0.600 bits per heavy atom. The van der Waals surface area contributed by atoms with E-state index in [9.17, 15) is 0 Å². The Morgan fingerprint density at radius 2 is 1.00 bits per heavy atom. The fourth-order valence-corrected chi connectivity index (χ4v) is 21.6. The zero-order valence-electron chi connectivity index (χ0n) is 27.5. The average molecular weight is 699 g/mol. The lowest BCUT2D eigenvalue weighted by atomic mass is 10.4. The largest absolute Gasteiger partial charge is 0.492 e. The van der Waals surface area contributed by atoms with Crippen LogP contribution >= 0.6 is 0 Å². The molecule has 0 spiro atoms. The second kappa shape index (κ2) is 17.3. The average Bonchev–Trinajstić information content (AvgIpc) is 4.00. The molecule has 0 bridgehead atoms. The number of hydrogen-bond donors (Lipinski definition) is 0. The van der Waals surface area contributed by atoms with Crippen molar-refractivity contribution in [3.05, 3.63) is 60.7 Å². The van der Waals surface area contributed by atoms with Crippen LogP contribution in [-0.4, -0.2) is 115 Å². The molecule has 2 unspecified atom stereocenters. The van der Waals surface area contributed by atoms with Gasteiger partial charge >= 0.3 is 34.7 Å². The van der Waals surface area contributed by atoms with Crippen LogP contribution in [0, 0.1) is 0 Å². The van der Waals surface area contributed by atoms with Crippen molar-refractivity contribution in [2.24, 2.45) is 0 Å². The Balaban J connectivity index is 1.61. The van der Waals surface area contributed by atoms with Gasteiger partial charge in [-0.3, -0.25) is 0 Å². The third-order valence-electron chi connectivity index (χ3n) is 7.60. The zero-order valence-corrected chi connectivity index (χ0v) is 31.5. The minimum absolute atomic E-state index is 0.213. The summed E-state index contributed by atoms with van der Waals surface area (Å²) in [4.78, 5) is 0. The quantitative estimate of drug-likeness (QED) is 0.0918. The molecule has 4 rings (SSSR count). The van der Waals surface area contributed by atoms with Gasteiger partial charge in [0.05, 0.1) is 26.4 Å². The molecule has 45 heavy (non-hydrogen) atoms. The van der Waals surface area contributed by atoms with Crippen molar-refractivity contribution >= 4 is 45.1 Å². The minimum Gasteiger partial charge on any atom is -0.409 e. The highest BCUT2D eigenvalue weighted by molar-refractivity contribution is 7.01. The van der Waals surface area contributed by atoms with E-state index in [1.807, 2.05) is 73.8 Å². The number of benzene rings is 2. The first kappa shape index (κ1) is 36.7. The van der Waals surface area contributed by atoms with Crippen LogP contribution in [0.2, 0.25) is 25.2 Å². The Morgan fingerprint density at radius 3 is 1.38 bits per heavy atom. The van der Waals surface area contributed by atoms with Gasteiger partial charge in [-0.1, -0.05) is 60.7 Å². The van der Waals surface area contributed by atoms with Crippen molar-refractivity contribution < 1.29 is 49.0 Å². The highest BCUT2D eigenvalue weighted by Crippen LogP contribution is 2.29. The van der Waals surface area contributed by atoms with Crippen LogP contribution in [-0.2, 0) is 49.0 Å². The van der Waals surface area contributed by atoms with Gasteiger partial charge < -0.3 is 49.0 Å². The minimum atomic E-state index is -3.55. The highest BCUT2D eigenvalue weighted by atomic mass is 28.5. The fourth-order valence-electron chi connectivity index (χ4n) is 5.08. The molecule has 2 saturated heterocycles. The molecule has 0 saturated carbocycles. The van der Waals surface area contributed by atoms with Crippen molar-refractivity contribution in [2.45, 2.75) is 50.2 Å². The lowest BCUT2D eigenvalue weighted by Gasteiger charge is -2.44. The van der Waals surface area contributed by atoms with Gasteiger partial charge in [0.1, 0.15) is 12.2 Å². The fraction of sp³-hybridized carbons (Fsp3) is 0.600. The summed E-state index contributed by atoms with van der Waals surface area (Å²) >= 11 is 0. The van der Waals surface area contributed by atoms with Crippen molar-refractivity contribution in [3.8, 4) is 0 Å². The molecular formula is C30H50O11Si4. The van der Waals surface area contributed by atoms with E-state index in [1.165, 1.54) is 0 Å². The van der Waals surface area contributed by atoms with Crippen molar-refractivity contribution in [1.29, 1.82) is 0 Å². The lowest BCUT2D eigenvalue weighted by molar-refractivity contribution is 0.104. The van der Waals surface area contributed by atoms with Crippen LogP contribution in [0.15, 0.2) is 60.7 Å². The molecule has 2 aliphatic heterocycles. The normalized spacial score (nSPS) is 18.7. The zero-order chi connectivity index (χ0) is 32.2. The summed E-state index contributed by atoms with van der Waals surface area (Å²) in [6, 6.07) is 21.3. The maximum absolute atomic E-state index is 7.34. The predicted octanol–water partition coefficient (Wildman–Crippen LogP) is 3.07. The summed E-state index contributed by atoms with van der Waals surface area (Å²) in [6.45, 7) is 7.87. The maximum Gasteiger partial charge on any atom is 0.492 e. The summed E-state index contributed by atoms with van der Waals surface area (Å²) in [6.07, 6.45) is 1.86. The molecule has 0 amide bonds. The Kier molecular flexibility index (Phi) is 14.1. The molecule has 2 aromatic rings. The van der Waals surface area contributed by atoms with E-state index in [4.69, 9.17) is 49.0 Å². The Bertz CT molecular complexity index is 1080. The molecule has 0 aromatic heterocycles. The van der Waals surface area contributed by atoms with Crippen LogP contribution in [0.25, 0.3) is 0 Å². The third-order valence-corrected chi connectivity index (χ3v) is 22.9. The van der Waals surface area contributed by atoms with Gasteiger partial charge in [-0.15, -0.1) is 0 Å². The molecule has 252 valence electrons. The molecule has 2 fully saturated rings. The van der Waals surface area contributed by atoms with E-state index in [2.05, 4.69) is 0 Å². The SMILES string of the molecule is CO[Si](CCCOCC1CO1)(OC)O[Si](C)(C)O[Si](O[Si](CCCOCC1CO1)(OC)OC)(c1ccccc1)c1ccccc1. The molecule has 2 atom stereocenters. The number of rotatable bonds is 24. The molecule has 0 N–H and O–H groups in total. The standard InChI is InChI=1S/C30H50O11Si4/c1-31-43(32-2,21-13-19-35-23-27-25-37-27)39-42(5,6)40-45(29-15-9-7-10-16-29,30-17-11-8-12-18-30)41-44(33-3,34-4)22-14-20-36-24-28-26-38-28/h7-12,15-18,27-28H,13-14,19-26H2,1-6H3. The summed E-state index contributed by atoms with van der Waals surface area (Å²) in [5.74, 6) is 0. The predicted molar refractivity (Wildman–Crippen MR) is 178 cm³/mol. The van der Waals surface area contributed by atoms with E-state index in [-0.39, 0.29) is 12.2 Å². The molecule has 2 aromatic carbocycles. The van der Waals surface area contributed by atoms with Crippen molar-refractivity contribution in [2.75, 3.05) is 68.1 Å². The van der Waals surface area contributed by atoms with Gasteiger partial charge in [-0.05, 0) is 36.3 Å². The third kappa shape index (κ3) is 10.9. The van der Waals surface area contributed by atoms with E-state index >= 15 is 0 Å². The molecule has 11 nitrogen and oxygen atoms in total. The van der Waals surface area contributed by atoms with Gasteiger partial charge in [-0.25, -0.2) is 0 Å².